The van der Waals surface area contributed by atoms with Crippen molar-refractivity contribution >= 4 is 21.6 Å². The molecule has 1 unspecified atom stereocenters. The van der Waals surface area contributed by atoms with Crippen molar-refractivity contribution < 1.29 is 0 Å². The van der Waals surface area contributed by atoms with Crippen LogP contribution in [0, 0.1) is 11.8 Å². The third-order valence-corrected chi connectivity index (χ3v) is 5.20. The van der Waals surface area contributed by atoms with Gasteiger partial charge in [0.05, 0.1) is 0 Å². The molecule has 3 heteroatoms. The average Bonchev–Trinajstić information content (AvgIpc) is 3.11. The van der Waals surface area contributed by atoms with Gasteiger partial charge in [-0.05, 0) is 54.9 Å². The zero-order valence-corrected chi connectivity index (χ0v) is 14.1. The minimum atomic E-state index is 0.767. The molecule has 2 nitrogen and oxygen atoms in total. The van der Waals surface area contributed by atoms with Crippen molar-refractivity contribution in [3.05, 3.63) is 28.2 Å². The molecule has 0 aromatic heterocycles. The van der Waals surface area contributed by atoms with Gasteiger partial charge in [0.15, 0.2) is 0 Å². The molecule has 0 amide bonds. The van der Waals surface area contributed by atoms with Crippen LogP contribution in [0.15, 0.2) is 22.7 Å². The van der Waals surface area contributed by atoms with Gasteiger partial charge >= 0.3 is 0 Å². The van der Waals surface area contributed by atoms with Gasteiger partial charge in [-0.1, -0.05) is 29.8 Å². The summed E-state index contributed by atoms with van der Waals surface area (Å²) in [5, 5.41) is 3.65. The van der Waals surface area contributed by atoms with E-state index in [0.717, 1.165) is 24.4 Å². The second-order valence-corrected chi connectivity index (χ2v) is 7.58. The first-order valence-electron chi connectivity index (χ1n) is 7.90. The average molecular weight is 337 g/mol. The van der Waals surface area contributed by atoms with Crippen LogP contribution in [0.1, 0.15) is 38.7 Å². The highest BCUT2D eigenvalue weighted by molar-refractivity contribution is 9.10. The first-order chi connectivity index (χ1) is 9.63. The van der Waals surface area contributed by atoms with Gasteiger partial charge < -0.3 is 10.2 Å². The van der Waals surface area contributed by atoms with E-state index in [0.29, 0.717) is 0 Å². The molecule has 0 bridgehead atoms. The van der Waals surface area contributed by atoms with Crippen LogP contribution < -0.4 is 10.2 Å². The maximum Gasteiger partial charge on any atom is 0.0412 e. The van der Waals surface area contributed by atoms with E-state index in [1.54, 1.807) is 0 Å². The number of rotatable bonds is 5. The zero-order valence-electron chi connectivity index (χ0n) is 12.5. The molecule has 2 fully saturated rings. The van der Waals surface area contributed by atoms with Crippen LogP contribution in [-0.4, -0.2) is 19.1 Å². The summed E-state index contributed by atoms with van der Waals surface area (Å²) in [6, 6.07) is 7.52. The fraction of sp³-hybridized carbons (Fsp3) is 0.647. The van der Waals surface area contributed by atoms with Crippen LogP contribution in [0.4, 0.5) is 5.69 Å². The van der Waals surface area contributed by atoms with Crippen molar-refractivity contribution in [2.24, 2.45) is 11.8 Å². The monoisotopic (exact) mass is 336 g/mol. The molecule has 1 aliphatic carbocycles. The Morgan fingerprint density at radius 2 is 2.10 bits per heavy atom. The van der Waals surface area contributed by atoms with Crippen molar-refractivity contribution in [1.29, 1.82) is 0 Å². The van der Waals surface area contributed by atoms with E-state index >= 15 is 0 Å². The van der Waals surface area contributed by atoms with E-state index in [4.69, 9.17) is 0 Å². The quantitative estimate of drug-likeness (QED) is 0.867. The van der Waals surface area contributed by atoms with E-state index in [2.05, 4.69) is 58.2 Å². The second kappa shape index (κ2) is 6.07. The van der Waals surface area contributed by atoms with Gasteiger partial charge in [-0.3, -0.25) is 0 Å². The van der Waals surface area contributed by atoms with Crippen LogP contribution in [0.25, 0.3) is 0 Å². The molecule has 3 rings (SSSR count). The van der Waals surface area contributed by atoms with Gasteiger partial charge in [-0.25, -0.2) is 0 Å². The lowest BCUT2D eigenvalue weighted by molar-refractivity contribution is 0.422. The van der Waals surface area contributed by atoms with E-state index < -0.39 is 0 Å². The predicted molar refractivity (Wildman–Crippen MR) is 89.2 cm³/mol. The van der Waals surface area contributed by atoms with Crippen LogP contribution in [0.2, 0.25) is 0 Å². The largest absolute Gasteiger partial charge is 0.371 e. The predicted octanol–water partition coefficient (Wildman–Crippen LogP) is 4.18. The number of anilines is 1. The molecule has 2 aliphatic rings. The first-order valence-corrected chi connectivity index (χ1v) is 8.69. The highest BCUT2D eigenvalue weighted by atomic mass is 79.9. The number of halogens is 1. The summed E-state index contributed by atoms with van der Waals surface area (Å²) in [5.41, 5.74) is 2.88. The Hall–Kier alpha value is -0.540. The maximum atomic E-state index is 3.65. The minimum Gasteiger partial charge on any atom is -0.371 e. The van der Waals surface area contributed by atoms with Gasteiger partial charge in [0.2, 0.25) is 0 Å². The SMILES string of the molecule is CC(C)C1CCN(c2ccc(Br)cc2CNC2CC2)C1. The summed E-state index contributed by atoms with van der Waals surface area (Å²) in [4.78, 5) is 2.58. The lowest BCUT2D eigenvalue weighted by atomic mass is 9.95. The highest BCUT2D eigenvalue weighted by Crippen LogP contribution is 2.32. The van der Waals surface area contributed by atoms with E-state index in [1.807, 2.05) is 0 Å². The number of nitrogens with one attached hydrogen (secondary N) is 1. The first kappa shape index (κ1) is 14.4. The molecule has 1 saturated heterocycles. The fourth-order valence-electron chi connectivity index (χ4n) is 3.10. The van der Waals surface area contributed by atoms with E-state index in [-0.39, 0.29) is 0 Å². The zero-order chi connectivity index (χ0) is 14.1. The fourth-order valence-corrected chi connectivity index (χ4v) is 3.50. The van der Waals surface area contributed by atoms with E-state index in [1.165, 1.54) is 48.1 Å². The molecule has 110 valence electrons. The van der Waals surface area contributed by atoms with Gasteiger partial charge in [0.1, 0.15) is 0 Å². The van der Waals surface area contributed by atoms with Crippen LogP contribution >= 0.6 is 15.9 Å². The maximum absolute atomic E-state index is 3.65. The second-order valence-electron chi connectivity index (χ2n) is 6.67. The molecular weight excluding hydrogens is 312 g/mol. The van der Waals surface area contributed by atoms with Crippen LogP contribution in [-0.2, 0) is 6.54 Å². The Balaban J connectivity index is 1.74. The van der Waals surface area contributed by atoms with Crippen molar-refractivity contribution in [1.82, 2.24) is 5.32 Å². The summed E-state index contributed by atoms with van der Waals surface area (Å²) >= 11 is 3.62. The number of hydrogen-bond acceptors (Lipinski definition) is 2. The number of nitrogens with zero attached hydrogens (tertiary/aromatic N) is 1. The van der Waals surface area contributed by atoms with Gasteiger partial charge in [-0.2, -0.15) is 0 Å². The third-order valence-electron chi connectivity index (χ3n) is 4.71. The molecule has 1 saturated carbocycles. The molecule has 1 aromatic carbocycles. The lowest BCUT2D eigenvalue weighted by Gasteiger charge is -2.23. The van der Waals surface area contributed by atoms with Crippen LogP contribution in [0.5, 0.6) is 0 Å². The molecule has 1 aromatic rings. The van der Waals surface area contributed by atoms with Crippen LogP contribution in [0.3, 0.4) is 0 Å². The molecule has 0 spiro atoms. The Morgan fingerprint density at radius 1 is 1.30 bits per heavy atom. The van der Waals surface area contributed by atoms with Gasteiger partial charge in [0, 0.05) is 35.8 Å². The van der Waals surface area contributed by atoms with Gasteiger partial charge in [0.25, 0.3) is 0 Å². The summed E-state index contributed by atoms with van der Waals surface area (Å²) in [7, 11) is 0. The topological polar surface area (TPSA) is 15.3 Å². The Kier molecular flexibility index (Phi) is 4.37. The minimum absolute atomic E-state index is 0.767. The molecule has 20 heavy (non-hydrogen) atoms. The smallest absolute Gasteiger partial charge is 0.0412 e. The lowest BCUT2D eigenvalue weighted by Crippen LogP contribution is -2.24. The summed E-state index contributed by atoms with van der Waals surface area (Å²) in [6.07, 6.45) is 4.04. The molecular formula is C17H25BrN2. The molecule has 1 N–H and O–H groups in total. The third kappa shape index (κ3) is 3.37. The number of hydrogen-bond donors (Lipinski definition) is 1. The van der Waals surface area contributed by atoms with Crippen molar-refractivity contribution in [2.75, 3.05) is 18.0 Å². The standard InChI is InChI=1S/C17H25BrN2/c1-12(2)13-7-8-20(11-13)17-6-3-15(18)9-14(17)10-19-16-4-5-16/h3,6,9,12-13,16,19H,4-5,7-8,10-11H2,1-2H3. The molecule has 1 atom stereocenters. The summed E-state index contributed by atoms with van der Waals surface area (Å²) < 4.78 is 1.19. The van der Waals surface area contributed by atoms with Gasteiger partial charge in [-0.15, -0.1) is 0 Å². The molecule has 0 radical (unpaired) electrons. The summed E-state index contributed by atoms with van der Waals surface area (Å²) in [5.74, 6) is 1.64. The Bertz CT molecular complexity index is 468. The van der Waals surface area contributed by atoms with Crippen molar-refractivity contribution in [3.8, 4) is 0 Å². The Morgan fingerprint density at radius 3 is 2.75 bits per heavy atom. The highest BCUT2D eigenvalue weighted by Gasteiger charge is 2.27. The molecule has 1 heterocycles. The van der Waals surface area contributed by atoms with Crippen molar-refractivity contribution in [2.45, 2.75) is 45.7 Å². The van der Waals surface area contributed by atoms with Crippen molar-refractivity contribution in [3.63, 3.8) is 0 Å². The molecule has 1 aliphatic heterocycles. The normalized spacial score (nSPS) is 22.8. The summed E-state index contributed by atoms with van der Waals surface area (Å²) in [6.45, 7) is 8.13. The Labute approximate surface area is 131 Å². The van der Waals surface area contributed by atoms with E-state index in [9.17, 15) is 0 Å². The number of benzene rings is 1.